The smallest absolute Gasteiger partial charge is 0.343 e. The first kappa shape index (κ1) is 22.8. The lowest BCUT2D eigenvalue weighted by molar-refractivity contribution is -0.120. The Labute approximate surface area is 208 Å². The molecular weight excluding hydrogens is 559 g/mol. The third-order valence-corrected chi connectivity index (χ3v) is 5.84. The van der Waals surface area contributed by atoms with Crippen LogP contribution in [0.4, 0.5) is 11.4 Å². The third kappa shape index (κ3) is 4.86. The minimum atomic E-state index is -0.606. The Morgan fingerprint density at radius 1 is 0.879 bits per heavy atom. The molecule has 7 nitrogen and oxygen atoms in total. The van der Waals surface area contributed by atoms with E-state index in [1.54, 1.807) is 79.9 Å². The van der Waals surface area contributed by atoms with E-state index in [-0.39, 0.29) is 10.7 Å². The Bertz CT molecular complexity index is 1260. The van der Waals surface area contributed by atoms with E-state index < -0.39 is 17.8 Å². The Kier molecular flexibility index (Phi) is 6.66. The van der Waals surface area contributed by atoms with Gasteiger partial charge < -0.3 is 14.8 Å². The van der Waals surface area contributed by atoms with Gasteiger partial charge in [-0.05, 0) is 95.4 Å². The van der Waals surface area contributed by atoms with Crippen molar-refractivity contribution in [3.05, 3.63) is 92.7 Å². The number of methoxy groups -OCH3 is 1. The lowest BCUT2D eigenvalue weighted by Gasteiger charge is -2.15. The molecule has 1 heterocycles. The van der Waals surface area contributed by atoms with Crippen LogP contribution < -0.4 is 19.7 Å². The molecule has 0 bridgehead atoms. The predicted molar refractivity (Wildman–Crippen MR) is 133 cm³/mol. The maximum Gasteiger partial charge on any atom is 0.343 e. The molecule has 1 aliphatic heterocycles. The van der Waals surface area contributed by atoms with Gasteiger partial charge in [0.1, 0.15) is 22.2 Å². The Morgan fingerprint density at radius 2 is 1.48 bits per heavy atom. The number of nitrogens with zero attached hydrogens (tertiary/aromatic N) is 1. The summed E-state index contributed by atoms with van der Waals surface area (Å²) in [5.41, 5.74) is 1.19. The van der Waals surface area contributed by atoms with Gasteiger partial charge in [0, 0.05) is 9.26 Å². The number of carbonyl (C=O) groups is 3. The molecule has 2 amide bonds. The lowest BCUT2D eigenvalue weighted by Crippen LogP contribution is -2.32. The predicted octanol–water partition coefficient (Wildman–Crippen LogP) is 4.95. The monoisotopic (exact) mass is 574 g/mol. The van der Waals surface area contributed by atoms with Crippen LogP contribution in [0.25, 0.3) is 0 Å². The minimum Gasteiger partial charge on any atom is -0.497 e. The first-order valence-corrected chi connectivity index (χ1v) is 11.1. The van der Waals surface area contributed by atoms with Crippen molar-refractivity contribution < 1.29 is 23.9 Å². The van der Waals surface area contributed by atoms with Crippen molar-refractivity contribution in [2.24, 2.45) is 0 Å². The van der Waals surface area contributed by atoms with Crippen LogP contribution in [-0.2, 0) is 9.59 Å². The Morgan fingerprint density at radius 3 is 2.09 bits per heavy atom. The first-order valence-electron chi connectivity index (χ1n) is 9.65. The van der Waals surface area contributed by atoms with Gasteiger partial charge in [-0.15, -0.1) is 0 Å². The number of anilines is 2. The van der Waals surface area contributed by atoms with Gasteiger partial charge in [0.2, 0.25) is 0 Å². The summed E-state index contributed by atoms with van der Waals surface area (Å²) < 4.78 is 11.4. The van der Waals surface area contributed by atoms with E-state index in [1.165, 1.54) is 0 Å². The van der Waals surface area contributed by atoms with Gasteiger partial charge in [0.05, 0.1) is 18.4 Å². The van der Waals surface area contributed by atoms with Crippen molar-refractivity contribution in [1.29, 1.82) is 0 Å². The molecule has 0 radical (unpaired) electrons. The third-order valence-electron chi connectivity index (χ3n) is 4.77. The summed E-state index contributed by atoms with van der Waals surface area (Å²) in [6, 6.07) is 19.8. The molecule has 0 saturated carbocycles. The highest BCUT2D eigenvalue weighted by Gasteiger charge is 2.38. The maximum atomic E-state index is 12.9. The highest BCUT2D eigenvalue weighted by Crippen LogP contribution is 2.30. The molecule has 4 rings (SSSR count). The molecule has 1 N–H and O–H groups in total. The second kappa shape index (κ2) is 9.63. The van der Waals surface area contributed by atoms with E-state index in [0.717, 1.165) is 8.47 Å². The summed E-state index contributed by atoms with van der Waals surface area (Å²) in [6.07, 6.45) is 0. The summed E-state index contributed by atoms with van der Waals surface area (Å²) in [6.45, 7) is 0. The van der Waals surface area contributed by atoms with Gasteiger partial charge in [0.15, 0.2) is 0 Å². The van der Waals surface area contributed by atoms with E-state index >= 15 is 0 Å². The van der Waals surface area contributed by atoms with Crippen LogP contribution in [0.1, 0.15) is 10.4 Å². The van der Waals surface area contributed by atoms with Gasteiger partial charge in [0.25, 0.3) is 11.8 Å². The molecule has 0 aliphatic carbocycles. The van der Waals surface area contributed by atoms with Gasteiger partial charge in [-0.25, -0.2) is 9.69 Å². The number of carbonyl (C=O) groups excluding carboxylic acids is 3. The van der Waals surface area contributed by atoms with Crippen molar-refractivity contribution >= 4 is 63.4 Å². The molecule has 0 atom stereocenters. The van der Waals surface area contributed by atoms with Crippen LogP contribution in [0.15, 0.2) is 83.5 Å². The normalized spacial score (nSPS) is 13.4. The largest absolute Gasteiger partial charge is 0.497 e. The second-order valence-corrected chi connectivity index (χ2v) is 8.50. The zero-order chi connectivity index (χ0) is 23.5. The van der Waals surface area contributed by atoms with Crippen LogP contribution in [-0.4, -0.2) is 24.9 Å². The van der Waals surface area contributed by atoms with Gasteiger partial charge in [-0.3, -0.25) is 9.59 Å². The molecule has 0 fully saturated rings. The first-order chi connectivity index (χ1) is 15.9. The van der Waals surface area contributed by atoms with Crippen molar-refractivity contribution in [2.75, 3.05) is 17.3 Å². The van der Waals surface area contributed by atoms with E-state index in [2.05, 4.69) is 27.9 Å². The SMILES string of the molecule is COc1ccc(OC(=O)c2ccc(NC3=C(Cl)C(=O)N(c4ccc(I)cc4)C3=O)cc2)cc1. The number of benzene rings is 3. The minimum absolute atomic E-state index is 0.0335. The van der Waals surface area contributed by atoms with E-state index in [1.807, 2.05) is 0 Å². The lowest BCUT2D eigenvalue weighted by atomic mass is 10.2. The zero-order valence-electron chi connectivity index (χ0n) is 17.2. The standard InChI is InChI=1S/C24H16ClIN2O5/c1-32-18-10-12-19(13-11-18)33-24(31)14-2-6-16(7-3-14)27-21-20(25)22(29)28(23(21)30)17-8-4-15(26)5-9-17/h2-13,27H,1H3. The summed E-state index contributed by atoms with van der Waals surface area (Å²) in [7, 11) is 1.55. The molecule has 9 heteroatoms. The van der Waals surface area contributed by atoms with Crippen molar-refractivity contribution in [3.63, 3.8) is 0 Å². The number of ether oxygens (including phenoxy) is 2. The Balaban J connectivity index is 1.45. The molecule has 0 aromatic heterocycles. The van der Waals surface area contributed by atoms with Crippen LogP contribution in [0, 0.1) is 3.57 Å². The number of hydrogen-bond acceptors (Lipinski definition) is 6. The van der Waals surface area contributed by atoms with E-state index in [4.69, 9.17) is 21.1 Å². The van der Waals surface area contributed by atoms with Crippen LogP contribution in [0.5, 0.6) is 11.5 Å². The zero-order valence-corrected chi connectivity index (χ0v) is 20.1. The van der Waals surface area contributed by atoms with Gasteiger partial charge in [-0.2, -0.15) is 0 Å². The highest BCUT2D eigenvalue weighted by atomic mass is 127. The topological polar surface area (TPSA) is 84.9 Å². The number of nitrogens with one attached hydrogen (secondary N) is 1. The molecular formula is C24H16ClIN2O5. The summed E-state index contributed by atoms with van der Waals surface area (Å²) >= 11 is 8.30. The van der Waals surface area contributed by atoms with Crippen molar-refractivity contribution in [3.8, 4) is 11.5 Å². The average Bonchev–Trinajstić information content (AvgIpc) is 3.04. The van der Waals surface area contributed by atoms with Crippen LogP contribution in [0.3, 0.4) is 0 Å². The summed E-state index contributed by atoms with van der Waals surface area (Å²) in [5.74, 6) is -0.676. The highest BCUT2D eigenvalue weighted by molar-refractivity contribution is 14.1. The number of hydrogen-bond donors (Lipinski definition) is 1. The second-order valence-electron chi connectivity index (χ2n) is 6.88. The van der Waals surface area contributed by atoms with E-state index in [0.29, 0.717) is 28.4 Å². The number of rotatable bonds is 6. The molecule has 0 saturated heterocycles. The van der Waals surface area contributed by atoms with Crippen LogP contribution >= 0.6 is 34.2 Å². The quantitative estimate of drug-likeness (QED) is 0.194. The molecule has 0 unspecified atom stereocenters. The van der Waals surface area contributed by atoms with E-state index in [9.17, 15) is 14.4 Å². The number of amides is 2. The fraction of sp³-hybridized carbons (Fsp3) is 0.0417. The fourth-order valence-electron chi connectivity index (χ4n) is 3.08. The molecule has 33 heavy (non-hydrogen) atoms. The number of esters is 1. The molecule has 166 valence electrons. The molecule has 0 spiro atoms. The maximum absolute atomic E-state index is 12.9. The molecule has 3 aromatic carbocycles. The van der Waals surface area contributed by atoms with Crippen LogP contribution in [0.2, 0.25) is 0 Å². The van der Waals surface area contributed by atoms with Gasteiger partial charge >= 0.3 is 5.97 Å². The summed E-state index contributed by atoms with van der Waals surface area (Å²) in [4.78, 5) is 38.8. The molecule has 3 aromatic rings. The summed E-state index contributed by atoms with van der Waals surface area (Å²) in [5, 5.41) is 2.67. The molecule has 1 aliphatic rings. The Hall–Kier alpha value is -3.37. The number of halogens is 2. The fourth-order valence-corrected chi connectivity index (χ4v) is 3.65. The van der Waals surface area contributed by atoms with Crippen molar-refractivity contribution in [1.82, 2.24) is 0 Å². The van der Waals surface area contributed by atoms with Crippen molar-refractivity contribution in [2.45, 2.75) is 0 Å². The van der Waals surface area contributed by atoms with Gasteiger partial charge in [-0.1, -0.05) is 11.6 Å². The average molecular weight is 575 g/mol. The number of imide groups is 1.